The zero-order chi connectivity index (χ0) is 12.5. The molecule has 18 heavy (non-hydrogen) atoms. The second-order valence-electron chi connectivity index (χ2n) is 4.02. The molecule has 0 fully saturated rings. The summed E-state index contributed by atoms with van der Waals surface area (Å²) in [4.78, 5) is 0. The number of hydrogen-bond acceptors (Lipinski definition) is 1. The molecule has 1 heterocycles. The molecule has 0 spiro atoms. The van der Waals surface area contributed by atoms with Crippen molar-refractivity contribution < 1.29 is 0 Å². The van der Waals surface area contributed by atoms with Crippen molar-refractivity contribution in [2.75, 3.05) is 0 Å². The molecule has 2 nitrogen and oxygen atoms in total. The third-order valence-corrected chi connectivity index (χ3v) is 3.43. The van der Waals surface area contributed by atoms with Crippen molar-refractivity contribution in [3.8, 4) is 11.8 Å². The summed E-state index contributed by atoms with van der Waals surface area (Å²) in [6.07, 6.45) is 1.99. The maximum Gasteiger partial charge on any atom is 0.101 e. The van der Waals surface area contributed by atoms with Gasteiger partial charge in [-0.15, -0.1) is 0 Å². The van der Waals surface area contributed by atoms with Gasteiger partial charge in [0.1, 0.15) is 6.07 Å². The SMILES string of the molecule is N#Cc1ccccc1-n1ccc2cc(Br)ccc21. The van der Waals surface area contributed by atoms with E-state index in [0.717, 1.165) is 21.1 Å². The van der Waals surface area contributed by atoms with Crippen LogP contribution in [0.1, 0.15) is 5.56 Å². The molecular weight excluding hydrogens is 288 g/mol. The number of benzene rings is 2. The molecule has 0 aliphatic carbocycles. The first-order valence-electron chi connectivity index (χ1n) is 5.56. The molecule has 86 valence electrons. The van der Waals surface area contributed by atoms with E-state index in [1.54, 1.807) is 0 Å². The van der Waals surface area contributed by atoms with Gasteiger partial charge in [0.25, 0.3) is 0 Å². The molecule has 3 heteroatoms. The summed E-state index contributed by atoms with van der Waals surface area (Å²) in [7, 11) is 0. The average Bonchev–Trinajstić information content (AvgIpc) is 2.81. The van der Waals surface area contributed by atoms with Crippen LogP contribution in [0.3, 0.4) is 0 Å². The highest BCUT2D eigenvalue weighted by atomic mass is 79.9. The standard InChI is InChI=1S/C15H9BrN2/c16-13-5-6-15-11(9-13)7-8-18(15)14-4-2-1-3-12(14)10-17/h1-9H. The minimum Gasteiger partial charge on any atom is -0.315 e. The Morgan fingerprint density at radius 1 is 1.06 bits per heavy atom. The number of halogens is 1. The molecule has 2 aromatic carbocycles. The van der Waals surface area contributed by atoms with Gasteiger partial charge in [0.15, 0.2) is 0 Å². The van der Waals surface area contributed by atoms with E-state index in [-0.39, 0.29) is 0 Å². The van der Waals surface area contributed by atoms with Crippen LogP contribution in [0, 0.1) is 11.3 Å². The molecule has 0 aliphatic rings. The first-order valence-corrected chi connectivity index (χ1v) is 6.35. The first kappa shape index (κ1) is 11.1. The smallest absolute Gasteiger partial charge is 0.101 e. The van der Waals surface area contributed by atoms with Crippen LogP contribution >= 0.6 is 15.9 Å². The average molecular weight is 297 g/mol. The maximum atomic E-state index is 9.16. The molecule has 3 rings (SSSR count). The summed E-state index contributed by atoms with van der Waals surface area (Å²) >= 11 is 3.46. The monoisotopic (exact) mass is 296 g/mol. The molecular formula is C15H9BrN2. The molecule has 0 amide bonds. The summed E-state index contributed by atoms with van der Waals surface area (Å²) in [5.41, 5.74) is 2.69. The molecule has 0 saturated heterocycles. The van der Waals surface area contributed by atoms with Crippen molar-refractivity contribution >= 4 is 26.8 Å². The van der Waals surface area contributed by atoms with E-state index in [1.165, 1.54) is 0 Å². The van der Waals surface area contributed by atoms with Gasteiger partial charge < -0.3 is 4.57 Å². The molecule has 1 aromatic heterocycles. The minimum atomic E-state index is 0.679. The van der Waals surface area contributed by atoms with Crippen LogP contribution < -0.4 is 0 Å². The first-order chi connectivity index (χ1) is 8.79. The number of nitrogens with zero attached hydrogens (tertiary/aromatic N) is 2. The van der Waals surface area contributed by atoms with E-state index >= 15 is 0 Å². The largest absolute Gasteiger partial charge is 0.315 e. The quantitative estimate of drug-likeness (QED) is 0.659. The van der Waals surface area contributed by atoms with Crippen LogP contribution in [0.5, 0.6) is 0 Å². The fourth-order valence-electron chi connectivity index (χ4n) is 2.10. The predicted molar refractivity (Wildman–Crippen MR) is 75.7 cm³/mol. The van der Waals surface area contributed by atoms with Crippen LogP contribution in [0.4, 0.5) is 0 Å². The summed E-state index contributed by atoms with van der Waals surface area (Å²) in [6.45, 7) is 0. The maximum absolute atomic E-state index is 9.16. The number of aromatic nitrogens is 1. The zero-order valence-electron chi connectivity index (χ0n) is 9.47. The van der Waals surface area contributed by atoms with E-state index in [4.69, 9.17) is 5.26 Å². The van der Waals surface area contributed by atoms with Crippen molar-refractivity contribution in [1.29, 1.82) is 5.26 Å². The van der Waals surface area contributed by atoms with Crippen molar-refractivity contribution in [3.63, 3.8) is 0 Å². The summed E-state index contributed by atoms with van der Waals surface area (Å²) in [5.74, 6) is 0. The van der Waals surface area contributed by atoms with E-state index in [1.807, 2.05) is 53.2 Å². The lowest BCUT2D eigenvalue weighted by atomic mass is 10.2. The zero-order valence-corrected chi connectivity index (χ0v) is 11.1. The highest BCUT2D eigenvalue weighted by Crippen LogP contribution is 2.25. The van der Waals surface area contributed by atoms with Crippen molar-refractivity contribution in [2.24, 2.45) is 0 Å². The van der Waals surface area contributed by atoms with Crippen LogP contribution in [0.15, 0.2) is 59.2 Å². The number of rotatable bonds is 1. The molecule has 3 aromatic rings. The van der Waals surface area contributed by atoms with Gasteiger partial charge in [0.05, 0.1) is 16.8 Å². The van der Waals surface area contributed by atoms with Gasteiger partial charge >= 0.3 is 0 Å². The fourth-order valence-corrected chi connectivity index (χ4v) is 2.48. The second-order valence-corrected chi connectivity index (χ2v) is 4.93. The Morgan fingerprint density at radius 3 is 2.72 bits per heavy atom. The fraction of sp³-hybridized carbons (Fsp3) is 0. The molecule has 0 aliphatic heterocycles. The molecule has 0 saturated carbocycles. The topological polar surface area (TPSA) is 28.7 Å². The van der Waals surface area contributed by atoms with E-state index in [9.17, 15) is 0 Å². The van der Waals surface area contributed by atoms with Gasteiger partial charge in [-0.3, -0.25) is 0 Å². The van der Waals surface area contributed by atoms with E-state index < -0.39 is 0 Å². The molecule has 0 unspecified atom stereocenters. The highest BCUT2D eigenvalue weighted by Gasteiger charge is 2.07. The van der Waals surface area contributed by atoms with Crippen LogP contribution in [0.2, 0.25) is 0 Å². The number of hydrogen-bond donors (Lipinski definition) is 0. The number of fused-ring (bicyclic) bond motifs is 1. The summed E-state index contributed by atoms with van der Waals surface area (Å²) in [6, 6.07) is 18.0. The van der Waals surface area contributed by atoms with Crippen molar-refractivity contribution in [3.05, 3.63) is 64.8 Å². The predicted octanol–water partition coefficient (Wildman–Crippen LogP) is 4.26. The molecule has 0 atom stereocenters. The summed E-state index contributed by atoms with van der Waals surface area (Å²) in [5, 5.41) is 10.3. The van der Waals surface area contributed by atoms with Crippen molar-refractivity contribution in [1.82, 2.24) is 4.57 Å². The van der Waals surface area contributed by atoms with Crippen LogP contribution in [-0.2, 0) is 0 Å². The minimum absolute atomic E-state index is 0.679. The lowest BCUT2D eigenvalue weighted by molar-refractivity contribution is 1.12. The lowest BCUT2D eigenvalue weighted by Gasteiger charge is -2.07. The van der Waals surface area contributed by atoms with Crippen molar-refractivity contribution in [2.45, 2.75) is 0 Å². The second kappa shape index (κ2) is 4.32. The lowest BCUT2D eigenvalue weighted by Crippen LogP contribution is -1.95. The van der Waals surface area contributed by atoms with Gasteiger partial charge in [-0.25, -0.2) is 0 Å². The Hall–Kier alpha value is -2.05. The van der Waals surface area contributed by atoms with Crippen LogP contribution in [0.25, 0.3) is 16.6 Å². The van der Waals surface area contributed by atoms with Gasteiger partial charge in [-0.05, 0) is 36.4 Å². The Labute approximate surface area is 113 Å². The Morgan fingerprint density at radius 2 is 1.89 bits per heavy atom. The van der Waals surface area contributed by atoms with Gasteiger partial charge in [-0.1, -0.05) is 28.1 Å². The Balaban J connectivity index is 2.30. The molecule has 0 N–H and O–H groups in total. The molecule has 0 radical (unpaired) electrons. The third kappa shape index (κ3) is 1.71. The van der Waals surface area contributed by atoms with Crippen LogP contribution in [-0.4, -0.2) is 4.57 Å². The van der Waals surface area contributed by atoms with Gasteiger partial charge in [0.2, 0.25) is 0 Å². The number of nitriles is 1. The normalized spacial score (nSPS) is 10.4. The Kier molecular flexibility index (Phi) is 2.66. The summed E-state index contributed by atoms with van der Waals surface area (Å²) < 4.78 is 3.10. The van der Waals surface area contributed by atoms with E-state index in [2.05, 4.69) is 28.1 Å². The third-order valence-electron chi connectivity index (χ3n) is 2.94. The Bertz CT molecular complexity index is 766. The molecule has 0 bridgehead atoms. The van der Waals surface area contributed by atoms with Gasteiger partial charge in [-0.2, -0.15) is 5.26 Å². The van der Waals surface area contributed by atoms with Gasteiger partial charge in [0, 0.05) is 16.1 Å². The van der Waals surface area contributed by atoms with E-state index in [0.29, 0.717) is 5.56 Å². The number of para-hydroxylation sites is 1. The highest BCUT2D eigenvalue weighted by molar-refractivity contribution is 9.10.